The average Bonchev–Trinajstić information content (AvgIpc) is 3.27. The summed E-state index contributed by atoms with van der Waals surface area (Å²) >= 11 is 0. The summed E-state index contributed by atoms with van der Waals surface area (Å²) in [6.07, 6.45) is 7.56. The van der Waals surface area contributed by atoms with Gasteiger partial charge in [0, 0.05) is 31.5 Å². The van der Waals surface area contributed by atoms with E-state index >= 15 is 0 Å². The van der Waals surface area contributed by atoms with Crippen LogP contribution >= 0.6 is 0 Å². The fraction of sp³-hybridized carbons (Fsp3) is 0.524. The maximum atomic E-state index is 14.2. The standard InChI is InChI=1S/C21H27FN6O3S/c1-3-15-11-23-21(24-12-15)27-8-6-16(7-9-27)28-14-25-20(26-28)13-31-19-5-4-17(10-18(19)22)32(2,29)30/h4-5,10-11,14-16H,3,6-9,12-13H2,1-2H3. The Hall–Kier alpha value is -2.82. The predicted molar refractivity (Wildman–Crippen MR) is 118 cm³/mol. The summed E-state index contributed by atoms with van der Waals surface area (Å²) in [7, 11) is -3.48. The van der Waals surface area contributed by atoms with Gasteiger partial charge in [-0.15, -0.1) is 0 Å². The normalized spacial score (nSPS) is 19.8. The minimum Gasteiger partial charge on any atom is -0.482 e. The number of aliphatic imine (C=N–C) groups is 2. The zero-order valence-corrected chi connectivity index (χ0v) is 19.0. The van der Waals surface area contributed by atoms with Crippen molar-refractivity contribution in [3.63, 3.8) is 0 Å². The summed E-state index contributed by atoms with van der Waals surface area (Å²) in [5, 5.41) is 4.48. The molecule has 3 heterocycles. The van der Waals surface area contributed by atoms with E-state index < -0.39 is 15.7 Å². The lowest BCUT2D eigenvalue weighted by Crippen LogP contribution is -2.39. The van der Waals surface area contributed by atoms with E-state index in [0.717, 1.165) is 57.2 Å². The lowest BCUT2D eigenvalue weighted by atomic mass is 10.1. The Bertz CT molecular complexity index is 1120. The molecular formula is C21H27FN6O3S. The molecule has 0 bridgehead atoms. The molecule has 0 amide bonds. The quantitative estimate of drug-likeness (QED) is 0.654. The van der Waals surface area contributed by atoms with Gasteiger partial charge in [-0.05, 0) is 37.5 Å². The summed E-state index contributed by atoms with van der Waals surface area (Å²) in [4.78, 5) is 15.5. The zero-order chi connectivity index (χ0) is 22.7. The van der Waals surface area contributed by atoms with Crippen molar-refractivity contribution in [3.8, 4) is 5.75 Å². The van der Waals surface area contributed by atoms with Crippen LogP contribution in [0.15, 0.2) is 39.4 Å². The molecule has 11 heteroatoms. The van der Waals surface area contributed by atoms with Gasteiger partial charge >= 0.3 is 0 Å². The molecule has 1 fully saturated rings. The highest BCUT2D eigenvalue weighted by atomic mass is 32.2. The van der Waals surface area contributed by atoms with Gasteiger partial charge in [0.1, 0.15) is 12.9 Å². The van der Waals surface area contributed by atoms with Crippen LogP contribution in [0.25, 0.3) is 0 Å². The number of benzene rings is 1. The molecule has 2 aromatic rings. The minimum absolute atomic E-state index is 0.00883. The number of piperidine rings is 1. The van der Waals surface area contributed by atoms with Gasteiger partial charge in [0.15, 0.2) is 27.2 Å². The number of halogens is 1. The monoisotopic (exact) mass is 462 g/mol. The van der Waals surface area contributed by atoms with Gasteiger partial charge in [-0.1, -0.05) is 6.92 Å². The predicted octanol–water partition coefficient (Wildman–Crippen LogP) is 2.50. The first kappa shape index (κ1) is 22.4. The summed E-state index contributed by atoms with van der Waals surface area (Å²) in [5.41, 5.74) is 0. The first-order valence-corrected chi connectivity index (χ1v) is 12.6. The van der Waals surface area contributed by atoms with Crippen LogP contribution in [0.2, 0.25) is 0 Å². The van der Waals surface area contributed by atoms with E-state index in [0.29, 0.717) is 11.7 Å². The number of rotatable bonds is 6. The molecular weight excluding hydrogens is 435 g/mol. The van der Waals surface area contributed by atoms with Gasteiger partial charge in [-0.3, -0.25) is 4.99 Å². The third kappa shape index (κ3) is 5.14. The van der Waals surface area contributed by atoms with E-state index in [1.165, 1.54) is 12.1 Å². The number of hydrogen-bond acceptors (Lipinski definition) is 8. The van der Waals surface area contributed by atoms with Gasteiger partial charge in [0.05, 0.1) is 17.5 Å². The highest BCUT2D eigenvalue weighted by Crippen LogP contribution is 2.24. The fourth-order valence-corrected chi connectivity index (χ4v) is 4.36. The lowest BCUT2D eigenvalue weighted by molar-refractivity contribution is 0.246. The van der Waals surface area contributed by atoms with Crippen LogP contribution in [0.1, 0.15) is 38.1 Å². The number of hydrogen-bond donors (Lipinski definition) is 0. The van der Waals surface area contributed by atoms with Crippen molar-refractivity contribution in [2.75, 3.05) is 25.9 Å². The van der Waals surface area contributed by atoms with Crippen LogP contribution in [-0.2, 0) is 16.4 Å². The van der Waals surface area contributed by atoms with Crippen molar-refractivity contribution in [1.29, 1.82) is 0 Å². The van der Waals surface area contributed by atoms with Crippen LogP contribution in [-0.4, -0.2) is 66.1 Å². The van der Waals surface area contributed by atoms with Crippen molar-refractivity contribution in [2.24, 2.45) is 15.9 Å². The van der Waals surface area contributed by atoms with E-state index in [9.17, 15) is 12.8 Å². The smallest absolute Gasteiger partial charge is 0.220 e. The molecule has 0 N–H and O–H groups in total. The molecule has 1 saturated heterocycles. The number of sulfone groups is 1. The van der Waals surface area contributed by atoms with Crippen molar-refractivity contribution in [3.05, 3.63) is 36.2 Å². The van der Waals surface area contributed by atoms with Crippen LogP contribution in [0.4, 0.5) is 4.39 Å². The molecule has 0 saturated carbocycles. The zero-order valence-electron chi connectivity index (χ0n) is 18.2. The number of nitrogens with zero attached hydrogens (tertiary/aromatic N) is 6. The fourth-order valence-electron chi connectivity index (χ4n) is 3.73. The number of likely N-dealkylation sites (tertiary alicyclic amines) is 1. The van der Waals surface area contributed by atoms with Crippen molar-refractivity contribution in [1.82, 2.24) is 19.7 Å². The highest BCUT2D eigenvalue weighted by molar-refractivity contribution is 7.90. The molecule has 0 spiro atoms. The van der Waals surface area contributed by atoms with Crippen LogP contribution in [0.3, 0.4) is 0 Å². The van der Waals surface area contributed by atoms with Gasteiger partial charge in [0.2, 0.25) is 5.96 Å². The molecule has 1 atom stereocenters. The topological polar surface area (TPSA) is 102 Å². The Kier molecular flexibility index (Phi) is 6.54. The second-order valence-corrected chi connectivity index (χ2v) is 10.1. The second-order valence-electron chi connectivity index (χ2n) is 8.10. The lowest BCUT2D eigenvalue weighted by Gasteiger charge is -2.33. The summed E-state index contributed by atoms with van der Waals surface area (Å²) in [5.74, 6) is 0.924. The molecule has 1 aromatic carbocycles. The highest BCUT2D eigenvalue weighted by Gasteiger charge is 2.25. The third-order valence-electron chi connectivity index (χ3n) is 5.76. The Balaban J connectivity index is 1.30. The number of aromatic nitrogens is 3. The van der Waals surface area contributed by atoms with Gasteiger partial charge < -0.3 is 9.64 Å². The summed E-state index contributed by atoms with van der Waals surface area (Å²) in [6, 6.07) is 3.79. The van der Waals surface area contributed by atoms with Gasteiger partial charge in [0.25, 0.3) is 0 Å². The molecule has 9 nitrogen and oxygen atoms in total. The average molecular weight is 463 g/mol. The van der Waals surface area contributed by atoms with E-state index in [1.54, 1.807) is 6.33 Å². The van der Waals surface area contributed by atoms with E-state index in [-0.39, 0.29) is 23.3 Å². The molecule has 2 aliphatic heterocycles. The van der Waals surface area contributed by atoms with Gasteiger partial charge in [-0.2, -0.15) is 5.10 Å². The molecule has 32 heavy (non-hydrogen) atoms. The van der Waals surface area contributed by atoms with Gasteiger partial charge in [-0.25, -0.2) is 27.5 Å². The Morgan fingerprint density at radius 3 is 2.66 bits per heavy atom. The minimum atomic E-state index is -3.48. The molecule has 4 rings (SSSR count). The van der Waals surface area contributed by atoms with Crippen molar-refractivity contribution < 1.29 is 17.5 Å². The van der Waals surface area contributed by atoms with E-state index in [1.807, 2.05) is 10.9 Å². The Morgan fingerprint density at radius 2 is 2.03 bits per heavy atom. The van der Waals surface area contributed by atoms with E-state index in [4.69, 9.17) is 4.74 Å². The number of ether oxygens (including phenoxy) is 1. The van der Waals surface area contributed by atoms with Crippen LogP contribution in [0, 0.1) is 11.7 Å². The third-order valence-corrected chi connectivity index (χ3v) is 6.87. The molecule has 1 aromatic heterocycles. The largest absolute Gasteiger partial charge is 0.482 e. The Morgan fingerprint density at radius 1 is 1.25 bits per heavy atom. The molecule has 2 aliphatic rings. The Labute approximate surface area is 187 Å². The van der Waals surface area contributed by atoms with Crippen molar-refractivity contribution in [2.45, 2.75) is 43.7 Å². The summed E-state index contributed by atoms with van der Waals surface area (Å²) in [6.45, 7) is 4.64. The maximum absolute atomic E-state index is 14.2. The second kappa shape index (κ2) is 9.35. The molecule has 172 valence electrons. The van der Waals surface area contributed by atoms with Crippen molar-refractivity contribution >= 4 is 22.0 Å². The van der Waals surface area contributed by atoms with E-state index in [2.05, 4.69) is 31.9 Å². The SMILES string of the molecule is CCC1C=NC(N2CCC(n3cnc(COc4ccc(S(C)(=O)=O)cc4F)n3)CC2)=NC1. The first-order valence-electron chi connectivity index (χ1n) is 10.7. The summed E-state index contributed by atoms with van der Waals surface area (Å²) < 4.78 is 44.5. The number of guanidine groups is 1. The molecule has 0 aliphatic carbocycles. The maximum Gasteiger partial charge on any atom is 0.220 e. The van der Waals surface area contributed by atoms with Crippen LogP contribution < -0.4 is 4.74 Å². The molecule has 0 radical (unpaired) electrons. The van der Waals surface area contributed by atoms with Crippen LogP contribution in [0.5, 0.6) is 5.75 Å². The first-order chi connectivity index (χ1) is 15.3. The molecule has 1 unspecified atom stereocenters.